The Morgan fingerprint density at radius 2 is 1.74 bits per heavy atom. The van der Waals surface area contributed by atoms with Crippen molar-refractivity contribution >= 4 is 5.95 Å². The van der Waals surface area contributed by atoms with Crippen LogP contribution in [0.25, 0.3) is 0 Å². The highest BCUT2D eigenvalue weighted by Crippen LogP contribution is 2.59. The van der Waals surface area contributed by atoms with E-state index in [0.29, 0.717) is 11.9 Å². The van der Waals surface area contributed by atoms with E-state index in [1.807, 2.05) is 11.6 Å². The van der Waals surface area contributed by atoms with Crippen molar-refractivity contribution in [3.05, 3.63) is 22.1 Å². The molecular formula is C15H21N3O. The van der Waals surface area contributed by atoms with Crippen molar-refractivity contribution < 1.29 is 0 Å². The van der Waals surface area contributed by atoms with E-state index < -0.39 is 0 Å². The van der Waals surface area contributed by atoms with Gasteiger partial charge in [0.25, 0.3) is 5.56 Å². The third kappa shape index (κ3) is 1.65. The lowest BCUT2D eigenvalue weighted by atomic mass is 9.51. The molecular weight excluding hydrogens is 238 g/mol. The van der Waals surface area contributed by atoms with Gasteiger partial charge < -0.3 is 10.3 Å². The van der Waals surface area contributed by atoms with Crippen LogP contribution in [0.3, 0.4) is 0 Å². The Kier molecular flexibility index (Phi) is 2.32. The van der Waals surface area contributed by atoms with E-state index in [1.54, 1.807) is 6.07 Å². The van der Waals surface area contributed by atoms with Crippen molar-refractivity contribution in [3.8, 4) is 0 Å². The maximum absolute atomic E-state index is 11.7. The number of rotatable bonds is 1. The molecule has 1 aromatic heterocycles. The molecule has 0 radical (unpaired) electrons. The second-order valence-electron chi connectivity index (χ2n) is 6.89. The molecule has 4 saturated carbocycles. The first-order chi connectivity index (χ1) is 9.11. The first-order valence-corrected chi connectivity index (χ1v) is 7.45. The molecule has 1 heterocycles. The normalized spacial score (nSPS) is 39.7. The molecule has 0 unspecified atom stereocenters. The number of nitrogen functional groups attached to an aromatic ring is 1. The van der Waals surface area contributed by atoms with Gasteiger partial charge in [-0.25, -0.2) is 0 Å². The van der Waals surface area contributed by atoms with Gasteiger partial charge in [0, 0.05) is 24.7 Å². The smallest absolute Gasteiger partial charge is 0.274 e. The van der Waals surface area contributed by atoms with Gasteiger partial charge in [0.2, 0.25) is 5.95 Å². The second-order valence-corrected chi connectivity index (χ2v) is 6.89. The minimum Gasteiger partial charge on any atom is -0.369 e. The fourth-order valence-electron chi connectivity index (χ4n) is 5.30. The van der Waals surface area contributed by atoms with Crippen molar-refractivity contribution in [1.29, 1.82) is 0 Å². The first-order valence-electron chi connectivity index (χ1n) is 7.45. The topological polar surface area (TPSA) is 60.9 Å². The van der Waals surface area contributed by atoms with Gasteiger partial charge in [0.05, 0.1) is 0 Å². The first kappa shape index (κ1) is 11.5. The van der Waals surface area contributed by atoms with Crippen LogP contribution in [-0.2, 0) is 7.05 Å². The molecule has 19 heavy (non-hydrogen) atoms. The lowest BCUT2D eigenvalue weighted by molar-refractivity contribution is -0.00523. The lowest BCUT2D eigenvalue weighted by Gasteiger charge is -2.54. The Balaban J connectivity index is 1.79. The monoisotopic (exact) mass is 259 g/mol. The number of nitrogens with zero attached hydrogens (tertiary/aromatic N) is 2. The molecule has 0 atom stereocenters. The van der Waals surface area contributed by atoms with Gasteiger partial charge in [0.1, 0.15) is 0 Å². The Labute approximate surface area is 113 Å². The SMILES string of the molecule is Cn1c(C2C3CC4CC(C3)CC2C4)cc(=O)nc1N. The number of nitrogens with two attached hydrogens (primary N) is 1. The number of hydrogen-bond acceptors (Lipinski definition) is 3. The summed E-state index contributed by atoms with van der Waals surface area (Å²) in [7, 11) is 1.95. The van der Waals surface area contributed by atoms with Crippen LogP contribution < -0.4 is 11.3 Å². The summed E-state index contributed by atoms with van der Waals surface area (Å²) in [6, 6.07) is 1.73. The summed E-state index contributed by atoms with van der Waals surface area (Å²) in [5.74, 6) is 4.34. The minimum atomic E-state index is -0.181. The predicted molar refractivity (Wildman–Crippen MR) is 73.7 cm³/mol. The highest BCUT2D eigenvalue weighted by atomic mass is 16.1. The van der Waals surface area contributed by atoms with Crippen molar-refractivity contribution in [2.45, 2.75) is 38.0 Å². The van der Waals surface area contributed by atoms with Gasteiger partial charge in [0.15, 0.2) is 0 Å². The molecule has 4 fully saturated rings. The zero-order chi connectivity index (χ0) is 13.1. The molecule has 0 amide bonds. The van der Waals surface area contributed by atoms with E-state index in [1.165, 1.54) is 32.1 Å². The van der Waals surface area contributed by atoms with Gasteiger partial charge in [-0.1, -0.05) is 0 Å². The lowest BCUT2D eigenvalue weighted by Crippen LogP contribution is -2.44. The third-order valence-corrected chi connectivity index (χ3v) is 5.80. The summed E-state index contributed by atoms with van der Waals surface area (Å²) in [5.41, 5.74) is 6.82. The minimum absolute atomic E-state index is 0.181. The van der Waals surface area contributed by atoms with Crippen LogP contribution in [0.15, 0.2) is 10.9 Å². The van der Waals surface area contributed by atoms with Gasteiger partial charge >= 0.3 is 0 Å². The van der Waals surface area contributed by atoms with Crippen LogP contribution in [0.5, 0.6) is 0 Å². The van der Waals surface area contributed by atoms with E-state index in [0.717, 1.165) is 29.4 Å². The molecule has 4 nitrogen and oxygen atoms in total. The highest BCUT2D eigenvalue weighted by molar-refractivity contribution is 5.25. The molecule has 4 aliphatic carbocycles. The van der Waals surface area contributed by atoms with E-state index in [9.17, 15) is 4.79 Å². The summed E-state index contributed by atoms with van der Waals surface area (Å²) < 4.78 is 1.94. The molecule has 5 rings (SSSR count). The second kappa shape index (κ2) is 3.84. The Bertz CT molecular complexity index is 549. The van der Waals surface area contributed by atoms with Crippen LogP contribution in [0.1, 0.15) is 43.7 Å². The highest BCUT2D eigenvalue weighted by Gasteiger charge is 2.49. The predicted octanol–water partition coefficient (Wildman–Crippen LogP) is 1.90. The molecule has 0 aliphatic heterocycles. The van der Waals surface area contributed by atoms with Crippen molar-refractivity contribution in [2.24, 2.45) is 30.7 Å². The summed E-state index contributed by atoms with van der Waals surface area (Å²) >= 11 is 0. The maximum atomic E-state index is 11.7. The van der Waals surface area contributed by atoms with Crippen LogP contribution in [-0.4, -0.2) is 9.55 Å². The van der Waals surface area contributed by atoms with E-state index in [-0.39, 0.29) is 5.56 Å². The van der Waals surface area contributed by atoms with Gasteiger partial charge in [-0.15, -0.1) is 0 Å². The van der Waals surface area contributed by atoms with Crippen LogP contribution >= 0.6 is 0 Å². The van der Waals surface area contributed by atoms with Crippen LogP contribution in [0.2, 0.25) is 0 Å². The van der Waals surface area contributed by atoms with Crippen molar-refractivity contribution in [3.63, 3.8) is 0 Å². The molecule has 0 saturated heterocycles. The van der Waals surface area contributed by atoms with Crippen LogP contribution in [0, 0.1) is 23.7 Å². The molecule has 0 spiro atoms. The van der Waals surface area contributed by atoms with Gasteiger partial charge in [-0.05, 0) is 55.8 Å². The van der Waals surface area contributed by atoms with E-state index >= 15 is 0 Å². The average Bonchev–Trinajstić information content (AvgIpc) is 2.33. The quantitative estimate of drug-likeness (QED) is 0.838. The summed E-state index contributed by atoms with van der Waals surface area (Å²) in [6.07, 6.45) is 6.88. The average molecular weight is 259 g/mol. The summed E-state index contributed by atoms with van der Waals surface area (Å²) in [5, 5.41) is 0. The Morgan fingerprint density at radius 3 is 2.32 bits per heavy atom. The Hall–Kier alpha value is -1.32. The standard InChI is InChI=1S/C15H21N3O/c1-18-12(7-13(19)17-15(18)16)14-10-3-8-2-9(5-10)6-11(14)4-8/h7-11,14H,2-6H2,1H3,(H2,16,17,19). The van der Waals surface area contributed by atoms with E-state index in [2.05, 4.69) is 4.98 Å². The van der Waals surface area contributed by atoms with E-state index in [4.69, 9.17) is 5.73 Å². The largest absolute Gasteiger partial charge is 0.369 e. The zero-order valence-corrected chi connectivity index (χ0v) is 11.4. The van der Waals surface area contributed by atoms with Gasteiger partial charge in [-0.3, -0.25) is 4.79 Å². The number of aromatic nitrogens is 2. The number of hydrogen-bond donors (Lipinski definition) is 1. The van der Waals surface area contributed by atoms with Crippen LogP contribution in [0.4, 0.5) is 5.95 Å². The Morgan fingerprint density at radius 1 is 1.16 bits per heavy atom. The molecule has 4 heteroatoms. The molecule has 1 aromatic rings. The molecule has 102 valence electrons. The molecule has 2 N–H and O–H groups in total. The maximum Gasteiger partial charge on any atom is 0.274 e. The third-order valence-electron chi connectivity index (χ3n) is 5.80. The molecule has 4 aliphatic rings. The fraction of sp³-hybridized carbons (Fsp3) is 0.733. The molecule has 0 aromatic carbocycles. The fourth-order valence-corrected chi connectivity index (χ4v) is 5.30. The summed E-state index contributed by atoms with van der Waals surface area (Å²) in [6.45, 7) is 0. The number of anilines is 1. The zero-order valence-electron chi connectivity index (χ0n) is 11.4. The molecule has 4 bridgehead atoms. The summed E-state index contributed by atoms with van der Waals surface area (Å²) in [4.78, 5) is 15.5. The van der Waals surface area contributed by atoms with Crippen molar-refractivity contribution in [1.82, 2.24) is 9.55 Å². The van der Waals surface area contributed by atoms with Gasteiger partial charge in [-0.2, -0.15) is 4.98 Å². The van der Waals surface area contributed by atoms with Crippen molar-refractivity contribution in [2.75, 3.05) is 5.73 Å².